The number of amides is 1. The fourth-order valence-electron chi connectivity index (χ4n) is 2.96. The van der Waals surface area contributed by atoms with Gasteiger partial charge in [0.2, 0.25) is 5.91 Å². The second-order valence-electron chi connectivity index (χ2n) is 6.88. The number of phenols is 1. The number of nitrogens with one attached hydrogen (secondary N) is 1. The van der Waals surface area contributed by atoms with E-state index in [1.54, 1.807) is 30.5 Å². The zero-order valence-corrected chi connectivity index (χ0v) is 18.0. The molecule has 3 aromatic rings. The first kappa shape index (κ1) is 21.9. The lowest BCUT2D eigenvalue weighted by Gasteiger charge is -2.08. The van der Waals surface area contributed by atoms with E-state index >= 15 is 0 Å². The normalized spacial score (nSPS) is 11.0. The molecule has 0 saturated heterocycles. The number of rotatable bonds is 7. The van der Waals surface area contributed by atoms with E-state index in [0.29, 0.717) is 39.8 Å². The van der Waals surface area contributed by atoms with Crippen LogP contribution < -0.4 is 5.32 Å². The van der Waals surface area contributed by atoms with Gasteiger partial charge in [0.05, 0.1) is 10.7 Å². The number of benzene rings is 3. The lowest BCUT2D eigenvalue weighted by atomic mass is 10.0. The molecule has 0 aromatic heterocycles. The van der Waals surface area contributed by atoms with Gasteiger partial charge < -0.3 is 10.4 Å². The first-order chi connectivity index (χ1) is 14.5. The molecule has 1 amide bonds. The predicted molar refractivity (Wildman–Crippen MR) is 125 cm³/mol. The van der Waals surface area contributed by atoms with Crippen LogP contribution >= 0.6 is 23.2 Å². The molecule has 6 heteroatoms. The van der Waals surface area contributed by atoms with Crippen molar-refractivity contribution in [1.29, 1.82) is 0 Å². The van der Waals surface area contributed by atoms with Crippen LogP contribution in [0.2, 0.25) is 10.0 Å². The molecule has 0 spiro atoms. The Morgan fingerprint density at radius 2 is 1.87 bits per heavy atom. The lowest BCUT2D eigenvalue weighted by Crippen LogP contribution is -2.10. The summed E-state index contributed by atoms with van der Waals surface area (Å²) in [5.74, 6) is 0.0601. The van der Waals surface area contributed by atoms with Crippen molar-refractivity contribution in [3.8, 4) is 5.75 Å². The van der Waals surface area contributed by atoms with Crippen molar-refractivity contribution in [3.63, 3.8) is 0 Å². The van der Waals surface area contributed by atoms with Gasteiger partial charge in [0, 0.05) is 28.9 Å². The van der Waals surface area contributed by atoms with Crippen molar-refractivity contribution in [1.82, 2.24) is 0 Å². The van der Waals surface area contributed by atoms with E-state index in [2.05, 4.69) is 10.3 Å². The van der Waals surface area contributed by atoms with Crippen LogP contribution in [0.1, 0.15) is 36.5 Å². The zero-order chi connectivity index (χ0) is 21.5. The molecule has 0 saturated carbocycles. The van der Waals surface area contributed by atoms with Crippen molar-refractivity contribution < 1.29 is 9.90 Å². The van der Waals surface area contributed by atoms with Gasteiger partial charge in [-0.15, -0.1) is 0 Å². The van der Waals surface area contributed by atoms with E-state index in [1.807, 2.05) is 43.3 Å². The number of aliphatic imine (C=N–C) groups is 1. The summed E-state index contributed by atoms with van der Waals surface area (Å²) in [7, 11) is 0. The molecule has 0 radical (unpaired) electrons. The molecule has 3 rings (SSSR count). The van der Waals surface area contributed by atoms with Crippen molar-refractivity contribution >= 4 is 46.7 Å². The first-order valence-electron chi connectivity index (χ1n) is 9.65. The van der Waals surface area contributed by atoms with E-state index in [-0.39, 0.29) is 11.7 Å². The van der Waals surface area contributed by atoms with Gasteiger partial charge in [-0.3, -0.25) is 9.79 Å². The van der Waals surface area contributed by atoms with E-state index < -0.39 is 0 Å². The van der Waals surface area contributed by atoms with Gasteiger partial charge >= 0.3 is 0 Å². The SMILES string of the molecule is CCCC(=O)Nc1ccc(Cl)c(N=Cc2cc(Cc3ccccc3Cl)ccc2O)c1. The summed E-state index contributed by atoms with van der Waals surface area (Å²) >= 11 is 12.5. The zero-order valence-electron chi connectivity index (χ0n) is 16.5. The Bertz CT molecular complexity index is 1080. The van der Waals surface area contributed by atoms with Crippen LogP contribution in [0.25, 0.3) is 0 Å². The van der Waals surface area contributed by atoms with Crippen molar-refractivity contribution in [2.24, 2.45) is 4.99 Å². The minimum absolute atomic E-state index is 0.0559. The third-order valence-electron chi connectivity index (χ3n) is 4.49. The van der Waals surface area contributed by atoms with Gasteiger partial charge in [0.25, 0.3) is 0 Å². The van der Waals surface area contributed by atoms with Gasteiger partial charge in [-0.2, -0.15) is 0 Å². The van der Waals surface area contributed by atoms with Gasteiger partial charge in [-0.1, -0.05) is 54.4 Å². The molecule has 154 valence electrons. The molecule has 2 N–H and O–H groups in total. The molecule has 0 aliphatic heterocycles. The monoisotopic (exact) mass is 440 g/mol. The van der Waals surface area contributed by atoms with E-state index in [4.69, 9.17) is 23.2 Å². The summed E-state index contributed by atoms with van der Waals surface area (Å²) in [6, 6.07) is 18.1. The number of aromatic hydroxyl groups is 1. The second kappa shape index (κ2) is 10.3. The Labute approximate surface area is 186 Å². The number of hydrogen-bond donors (Lipinski definition) is 2. The summed E-state index contributed by atoms with van der Waals surface area (Å²) in [5.41, 5.74) is 3.69. The maximum Gasteiger partial charge on any atom is 0.224 e. The van der Waals surface area contributed by atoms with Crippen molar-refractivity contribution in [2.45, 2.75) is 26.2 Å². The maximum absolute atomic E-state index is 11.8. The highest BCUT2D eigenvalue weighted by atomic mass is 35.5. The maximum atomic E-state index is 11.8. The van der Waals surface area contributed by atoms with E-state index in [0.717, 1.165) is 17.5 Å². The molecule has 0 aliphatic rings. The smallest absolute Gasteiger partial charge is 0.224 e. The summed E-state index contributed by atoms with van der Waals surface area (Å²) in [4.78, 5) is 16.2. The van der Waals surface area contributed by atoms with Crippen LogP contribution in [0.3, 0.4) is 0 Å². The topological polar surface area (TPSA) is 61.7 Å². The molecule has 3 aromatic carbocycles. The third kappa shape index (κ3) is 5.85. The van der Waals surface area contributed by atoms with Gasteiger partial charge in [-0.05, 0) is 60.4 Å². The minimum atomic E-state index is -0.0559. The van der Waals surface area contributed by atoms with Crippen LogP contribution in [0, 0.1) is 0 Å². The number of phenolic OH excluding ortho intramolecular Hbond substituents is 1. The van der Waals surface area contributed by atoms with Crippen molar-refractivity contribution in [3.05, 3.63) is 87.4 Å². The molecule has 0 atom stereocenters. The Hall–Kier alpha value is -2.82. The molecular formula is C24H22Cl2N2O2. The highest BCUT2D eigenvalue weighted by molar-refractivity contribution is 6.33. The van der Waals surface area contributed by atoms with Gasteiger partial charge in [0.1, 0.15) is 5.75 Å². The number of hydrogen-bond acceptors (Lipinski definition) is 3. The van der Waals surface area contributed by atoms with E-state index in [1.165, 1.54) is 0 Å². The van der Waals surface area contributed by atoms with Crippen molar-refractivity contribution in [2.75, 3.05) is 5.32 Å². The molecule has 0 heterocycles. The Balaban J connectivity index is 1.82. The number of halogens is 2. The molecular weight excluding hydrogens is 419 g/mol. The Kier molecular flexibility index (Phi) is 7.50. The number of nitrogens with zero attached hydrogens (tertiary/aromatic N) is 1. The quantitative estimate of drug-likeness (QED) is 0.397. The molecule has 30 heavy (non-hydrogen) atoms. The Morgan fingerprint density at radius 3 is 2.63 bits per heavy atom. The summed E-state index contributed by atoms with van der Waals surface area (Å²) in [6.07, 6.45) is 3.42. The largest absolute Gasteiger partial charge is 0.507 e. The Morgan fingerprint density at radius 1 is 1.07 bits per heavy atom. The average molecular weight is 441 g/mol. The van der Waals surface area contributed by atoms with Gasteiger partial charge in [-0.25, -0.2) is 0 Å². The molecule has 4 nitrogen and oxygen atoms in total. The highest BCUT2D eigenvalue weighted by Gasteiger charge is 2.07. The predicted octanol–water partition coefficient (Wildman–Crippen LogP) is 6.78. The second-order valence-corrected chi connectivity index (χ2v) is 7.70. The van der Waals surface area contributed by atoms with Crippen LogP contribution in [0.5, 0.6) is 5.75 Å². The van der Waals surface area contributed by atoms with Crippen LogP contribution in [0.15, 0.2) is 65.7 Å². The number of carbonyl (C=O) groups excluding carboxylic acids is 1. The lowest BCUT2D eigenvalue weighted by molar-refractivity contribution is -0.116. The fraction of sp³-hybridized carbons (Fsp3) is 0.167. The molecule has 0 bridgehead atoms. The number of carbonyl (C=O) groups is 1. The molecule has 0 fully saturated rings. The standard InChI is InChI=1S/C24H22Cl2N2O2/c1-2-5-24(30)28-19-9-10-21(26)22(14-19)27-15-18-13-16(8-11-23(18)29)12-17-6-3-4-7-20(17)25/h3-4,6-11,13-15,29H,2,5,12H2,1H3,(H,28,30). The molecule has 0 aliphatic carbocycles. The van der Waals surface area contributed by atoms with Crippen LogP contribution in [-0.2, 0) is 11.2 Å². The molecule has 0 unspecified atom stereocenters. The summed E-state index contributed by atoms with van der Waals surface area (Å²) < 4.78 is 0. The van der Waals surface area contributed by atoms with Crippen LogP contribution in [-0.4, -0.2) is 17.2 Å². The highest BCUT2D eigenvalue weighted by Crippen LogP contribution is 2.29. The van der Waals surface area contributed by atoms with Gasteiger partial charge in [0.15, 0.2) is 0 Å². The minimum Gasteiger partial charge on any atom is -0.507 e. The van der Waals surface area contributed by atoms with Crippen LogP contribution in [0.4, 0.5) is 11.4 Å². The first-order valence-corrected chi connectivity index (χ1v) is 10.4. The third-order valence-corrected chi connectivity index (χ3v) is 5.18. The van der Waals surface area contributed by atoms with E-state index in [9.17, 15) is 9.90 Å². The summed E-state index contributed by atoms with van der Waals surface area (Å²) in [5, 5.41) is 14.2. The average Bonchev–Trinajstić information content (AvgIpc) is 2.72. The summed E-state index contributed by atoms with van der Waals surface area (Å²) in [6.45, 7) is 1.95. The number of anilines is 1. The fourth-order valence-corrected chi connectivity index (χ4v) is 3.33.